The van der Waals surface area contributed by atoms with Crippen molar-refractivity contribution in [2.24, 2.45) is 5.10 Å². The van der Waals surface area contributed by atoms with Gasteiger partial charge < -0.3 is 14.6 Å². The van der Waals surface area contributed by atoms with Gasteiger partial charge in [0, 0.05) is 0 Å². The van der Waals surface area contributed by atoms with E-state index in [0.29, 0.717) is 27.2 Å². The first-order valence-electron chi connectivity index (χ1n) is 8.08. The van der Waals surface area contributed by atoms with Crippen LogP contribution in [0.3, 0.4) is 0 Å². The van der Waals surface area contributed by atoms with Gasteiger partial charge >= 0.3 is 0 Å². The van der Waals surface area contributed by atoms with Gasteiger partial charge in [-0.25, -0.2) is 5.43 Å². The average Bonchev–Trinajstić information content (AvgIpc) is 2.60. The van der Waals surface area contributed by atoms with Crippen LogP contribution in [-0.2, 0) is 4.79 Å². The monoisotopic (exact) mass is 468 g/mol. The topological polar surface area (TPSA) is 80.2 Å². The second kappa shape index (κ2) is 9.42. The fourth-order valence-corrected chi connectivity index (χ4v) is 2.72. The molecular weight excluding hydrogens is 447 g/mol. The van der Waals surface area contributed by atoms with E-state index < -0.39 is 0 Å². The Bertz CT molecular complexity index is 821. The number of nitrogens with one attached hydrogen (secondary N) is 1. The zero-order valence-electron chi connectivity index (χ0n) is 14.9. The number of carbonyl (C=O) groups excluding carboxylic acids is 1. The van der Waals surface area contributed by atoms with Crippen molar-refractivity contribution in [3.8, 4) is 17.2 Å². The lowest BCUT2D eigenvalue weighted by molar-refractivity contribution is -0.123. The second-order valence-corrected chi connectivity index (χ2v) is 6.77. The number of hydrogen-bond donors (Lipinski definition) is 2. The standard InChI is InChI=1S/C19H21IN2O4/c1-4-25-17-9-14(8-16(20)19(17)24)10-21-22-18(23)11-26-15-6-5-12(2)13(3)7-15/h5-10,24H,4,11H2,1-3H3,(H,22,23)/b21-10+. The largest absolute Gasteiger partial charge is 0.504 e. The van der Waals surface area contributed by atoms with Crippen LogP contribution in [0.15, 0.2) is 35.4 Å². The molecule has 1 amide bonds. The van der Waals surface area contributed by atoms with Crippen molar-refractivity contribution in [2.75, 3.05) is 13.2 Å². The number of aromatic hydroxyl groups is 1. The van der Waals surface area contributed by atoms with Gasteiger partial charge in [-0.1, -0.05) is 6.07 Å². The van der Waals surface area contributed by atoms with Crippen molar-refractivity contribution in [3.05, 3.63) is 50.6 Å². The summed E-state index contributed by atoms with van der Waals surface area (Å²) in [6, 6.07) is 9.05. The molecule has 0 fully saturated rings. The molecule has 0 atom stereocenters. The van der Waals surface area contributed by atoms with Gasteiger partial charge in [-0.15, -0.1) is 0 Å². The van der Waals surface area contributed by atoms with Gasteiger partial charge in [-0.2, -0.15) is 5.10 Å². The van der Waals surface area contributed by atoms with E-state index in [1.165, 1.54) is 11.8 Å². The molecule has 0 aromatic heterocycles. The summed E-state index contributed by atoms with van der Waals surface area (Å²) in [5.74, 6) is 0.750. The molecule has 0 saturated carbocycles. The van der Waals surface area contributed by atoms with Crippen molar-refractivity contribution in [3.63, 3.8) is 0 Å². The smallest absolute Gasteiger partial charge is 0.277 e. The van der Waals surface area contributed by atoms with Gasteiger partial charge in [-0.3, -0.25) is 4.79 Å². The Labute approximate surface area is 166 Å². The van der Waals surface area contributed by atoms with Gasteiger partial charge in [0.15, 0.2) is 18.1 Å². The van der Waals surface area contributed by atoms with Crippen molar-refractivity contribution >= 4 is 34.7 Å². The van der Waals surface area contributed by atoms with Gasteiger partial charge in [0.05, 0.1) is 16.4 Å². The molecule has 0 aliphatic heterocycles. The van der Waals surface area contributed by atoms with Crippen LogP contribution in [0, 0.1) is 17.4 Å². The summed E-state index contributed by atoms with van der Waals surface area (Å²) in [5, 5.41) is 13.8. The van der Waals surface area contributed by atoms with Crippen LogP contribution < -0.4 is 14.9 Å². The van der Waals surface area contributed by atoms with Gasteiger partial charge in [0.1, 0.15) is 5.75 Å². The maximum absolute atomic E-state index is 11.8. The second-order valence-electron chi connectivity index (χ2n) is 5.61. The molecule has 0 aliphatic rings. The van der Waals surface area contributed by atoms with E-state index in [1.54, 1.807) is 12.1 Å². The van der Waals surface area contributed by atoms with Crippen molar-refractivity contribution in [1.82, 2.24) is 5.43 Å². The molecule has 2 rings (SSSR count). The number of amides is 1. The zero-order valence-corrected chi connectivity index (χ0v) is 17.0. The van der Waals surface area contributed by atoms with Gasteiger partial charge in [0.2, 0.25) is 0 Å². The normalized spacial score (nSPS) is 10.8. The van der Waals surface area contributed by atoms with Crippen LogP contribution >= 0.6 is 22.6 Å². The van der Waals surface area contributed by atoms with Crippen LogP contribution in [0.5, 0.6) is 17.2 Å². The van der Waals surface area contributed by atoms with E-state index in [0.717, 1.165) is 5.56 Å². The minimum atomic E-state index is -0.363. The molecule has 2 N–H and O–H groups in total. The molecule has 0 aliphatic carbocycles. The highest BCUT2D eigenvalue weighted by Crippen LogP contribution is 2.32. The number of carbonyl (C=O) groups is 1. The number of rotatable bonds is 7. The molecule has 2 aromatic carbocycles. The molecule has 138 valence electrons. The lowest BCUT2D eigenvalue weighted by Crippen LogP contribution is -2.24. The van der Waals surface area contributed by atoms with E-state index in [1.807, 2.05) is 61.6 Å². The number of ether oxygens (including phenoxy) is 2. The Morgan fingerprint density at radius 2 is 2.00 bits per heavy atom. The Balaban J connectivity index is 1.91. The van der Waals surface area contributed by atoms with Gasteiger partial charge in [-0.05, 0) is 84.3 Å². The number of hydrogen-bond acceptors (Lipinski definition) is 5. The zero-order chi connectivity index (χ0) is 19.1. The predicted octanol–water partition coefficient (Wildman–Crippen LogP) is 3.54. The number of benzene rings is 2. The SMILES string of the molecule is CCOc1cc(/C=N/NC(=O)COc2ccc(C)c(C)c2)cc(I)c1O. The lowest BCUT2D eigenvalue weighted by atomic mass is 10.1. The number of aryl methyl sites for hydroxylation is 2. The summed E-state index contributed by atoms with van der Waals surface area (Å²) in [6.45, 7) is 6.15. The van der Waals surface area contributed by atoms with Crippen LogP contribution in [0.1, 0.15) is 23.6 Å². The summed E-state index contributed by atoms with van der Waals surface area (Å²) in [4.78, 5) is 11.8. The maximum atomic E-state index is 11.8. The minimum absolute atomic E-state index is 0.0930. The molecular formula is C19H21IN2O4. The first-order chi connectivity index (χ1) is 12.4. The quantitative estimate of drug-likeness (QED) is 0.370. The first-order valence-corrected chi connectivity index (χ1v) is 9.15. The fraction of sp³-hybridized carbons (Fsp3) is 0.263. The third-order valence-electron chi connectivity index (χ3n) is 3.60. The first kappa shape index (κ1) is 20.0. The minimum Gasteiger partial charge on any atom is -0.504 e. The molecule has 2 aromatic rings. The summed E-state index contributed by atoms with van der Waals surface area (Å²) in [5.41, 5.74) is 5.39. The van der Waals surface area contributed by atoms with E-state index >= 15 is 0 Å². The van der Waals surface area contributed by atoms with Crippen molar-refractivity contribution in [2.45, 2.75) is 20.8 Å². The number of phenols is 1. The van der Waals surface area contributed by atoms with Crippen LogP contribution in [0.2, 0.25) is 0 Å². The molecule has 0 spiro atoms. The lowest BCUT2D eigenvalue weighted by Gasteiger charge is -2.08. The number of halogens is 1. The number of nitrogens with zero attached hydrogens (tertiary/aromatic N) is 1. The van der Waals surface area contributed by atoms with E-state index in [2.05, 4.69) is 10.5 Å². The van der Waals surface area contributed by atoms with Crippen LogP contribution in [0.25, 0.3) is 0 Å². The Hall–Kier alpha value is -2.29. The highest BCUT2D eigenvalue weighted by atomic mass is 127. The predicted molar refractivity (Wildman–Crippen MR) is 109 cm³/mol. The van der Waals surface area contributed by atoms with Crippen molar-refractivity contribution in [1.29, 1.82) is 0 Å². The number of phenolic OH excluding ortho intramolecular Hbond substituents is 1. The fourth-order valence-electron chi connectivity index (χ4n) is 2.10. The van der Waals surface area contributed by atoms with Crippen LogP contribution in [-0.4, -0.2) is 30.4 Å². The summed E-state index contributed by atoms with van der Waals surface area (Å²) < 4.78 is 11.5. The third kappa shape index (κ3) is 5.62. The van der Waals surface area contributed by atoms with Crippen LogP contribution in [0.4, 0.5) is 0 Å². The summed E-state index contributed by atoms with van der Waals surface area (Å²) >= 11 is 2.01. The Morgan fingerprint density at radius 3 is 2.69 bits per heavy atom. The summed E-state index contributed by atoms with van der Waals surface area (Å²) in [6.07, 6.45) is 1.48. The molecule has 0 radical (unpaired) electrons. The molecule has 0 heterocycles. The number of hydrazone groups is 1. The molecule has 0 bridgehead atoms. The molecule has 7 heteroatoms. The Kier molecular flexibility index (Phi) is 7.26. The van der Waals surface area contributed by atoms with E-state index in [-0.39, 0.29) is 18.3 Å². The van der Waals surface area contributed by atoms with E-state index in [9.17, 15) is 9.90 Å². The molecule has 26 heavy (non-hydrogen) atoms. The summed E-state index contributed by atoms with van der Waals surface area (Å²) in [7, 11) is 0. The highest BCUT2D eigenvalue weighted by Gasteiger charge is 2.08. The van der Waals surface area contributed by atoms with E-state index in [4.69, 9.17) is 9.47 Å². The average molecular weight is 468 g/mol. The highest BCUT2D eigenvalue weighted by molar-refractivity contribution is 14.1. The third-order valence-corrected chi connectivity index (χ3v) is 4.42. The van der Waals surface area contributed by atoms with Crippen molar-refractivity contribution < 1.29 is 19.4 Å². The molecule has 0 saturated heterocycles. The molecule has 0 unspecified atom stereocenters. The van der Waals surface area contributed by atoms with Gasteiger partial charge in [0.25, 0.3) is 5.91 Å². The molecule has 6 nitrogen and oxygen atoms in total. The maximum Gasteiger partial charge on any atom is 0.277 e. The Morgan fingerprint density at radius 1 is 1.23 bits per heavy atom.